The van der Waals surface area contributed by atoms with Crippen LogP contribution in [0.5, 0.6) is 0 Å². The molecule has 4 heteroatoms. The van der Waals surface area contributed by atoms with Crippen LogP contribution in [-0.2, 0) is 20.9 Å². The Morgan fingerprint density at radius 3 is 2.44 bits per heavy atom. The van der Waals surface area contributed by atoms with Gasteiger partial charge in [0.15, 0.2) is 0 Å². The molecule has 1 fully saturated rings. The van der Waals surface area contributed by atoms with E-state index in [2.05, 4.69) is 19.6 Å². The molecular weight excluding hydrogens is 244 g/mol. The lowest BCUT2D eigenvalue weighted by Gasteiger charge is -2.41. The minimum absolute atomic E-state index is 0.0344. The van der Waals surface area contributed by atoms with Gasteiger partial charge in [0, 0.05) is 0 Å². The van der Waals surface area contributed by atoms with E-state index in [4.69, 9.17) is 9.47 Å². The summed E-state index contributed by atoms with van der Waals surface area (Å²) in [4.78, 5) is 11.5. The fraction of sp³-hybridized carbons (Fsp3) is 0.500. The van der Waals surface area contributed by atoms with Crippen LogP contribution in [0.2, 0.25) is 25.2 Å². The summed E-state index contributed by atoms with van der Waals surface area (Å²) in [7, 11) is -1.48. The first-order chi connectivity index (χ1) is 8.48. The highest BCUT2D eigenvalue weighted by Gasteiger charge is 2.50. The summed E-state index contributed by atoms with van der Waals surface area (Å²) in [6.07, 6.45) is -0.0344. The molecule has 2 atom stereocenters. The Kier molecular flexibility index (Phi) is 3.87. The van der Waals surface area contributed by atoms with E-state index in [0.29, 0.717) is 13.2 Å². The average molecular weight is 264 g/mol. The smallest absolute Gasteiger partial charge is 0.310 e. The Morgan fingerprint density at radius 1 is 1.22 bits per heavy atom. The van der Waals surface area contributed by atoms with Crippen molar-refractivity contribution in [2.24, 2.45) is 0 Å². The molecule has 0 aliphatic carbocycles. The van der Waals surface area contributed by atoms with Gasteiger partial charge in [-0.2, -0.15) is 0 Å². The highest BCUT2D eigenvalue weighted by atomic mass is 28.3. The first kappa shape index (κ1) is 13.3. The number of carbonyl (C=O) groups excluding carboxylic acids is 1. The second-order valence-corrected chi connectivity index (χ2v) is 11.2. The maximum atomic E-state index is 11.5. The lowest BCUT2D eigenvalue weighted by molar-refractivity contribution is -0.175. The second kappa shape index (κ2) is 5.24. The second-order valence-electron chi connectivity index (χ2n) is 5.82. The van der Waals surface area contributed by atoms with Gasteiger partial charge in [-0.1, -0.05) is 50.0 Å². The van der Waals surface area contributed by atoms with Crippen molar-refractivity contribution in [3.8, 4) is 0 Å². The summed E-state index contributed by atoms with van der Waals surface area (Å²) in [5.74, 6) is -0.0394. The fourth-order valence-electron chi connectivity index (χ4n) is 2.28. The van der Waals surface area contributed by atoms with E-state index in [-0.39, 0.29) is 17.6 Å². The van der Waals surface area contributed by atoms with Gasteiger partial charge in [0.1, 0.15) is 6.10 Å². The molecule has 1 heterocycles. The van der Waals surface area contributed by atoms with Crippen molar-refractivity contribution < 1.29 is 14.3 Å². The minimum atomic E-state index is -1.48. The number of hydrogen-bond acceptors (Lipinski definition) is 3. The summed E-state index contributed by atoms with van der Waals surface area (Å²) in [5.41, 5.74) is 1.24. The standard InChI is InChI=1S/C14H20O3Si/c1-18(2,3)13-12(17-14(13)15)10-16-9-11-7-5-4-6-8-11/h4-8,12-13H,9-10H2,1-3H3/t12-,13+/m0/s1. The van der Waals surface area contributed by atoms with E-state index in [1.807, 2.05) is 30.3 Å². The van der Waals surface area contributed by atoms with E-state index in [0.717, 1.165) is 5.56 Å². The molecule has 0 amide bonds. The maximum Gasteiger partial charge on any atom is 0.310 e. The summed E-state index contributed by atoms with van der Waals surface area (Å²) in [6, 6.07) is 10.0. The number of carbonyl (C=O) groups is 1. The number of hydrogen-bond donors (Lipinski definition) is 0. The van der Waals surface area contributed by atoms with Crippen molar-refractivity contribution in [3.63, 3.8) is 0 Å². The molecule has 1 aliphatic heterocycles. The van der Waals surface area contributed by atoms with E-state index >= 15 is 0 Å². The molecule has 0 bridgehead atoms. The summed E-state index contributed by atoms with van der Waals surface area (Å²) in [5, 5.41) is 0. The summed E-state index contributed by atoms with van der Waals surface area (Å²) >= 11 is 0. The molecule has 1 aromatic rings. The van der Waals surface area contributed by atoms with Crippen LogP contribution in [0.25, 0.3) is 0 Å². The molecule has 98 valence electrons. The quantitative estimate of drug-likeness (QED) is 0.606. The molecule has 0 spiro atoms. The van der Waals surface area contributed by atoms with Crippen molar-refractivity contribution >= 4 is 14.0 Å². The monoisotopic (exact) mass is 264 g/mol. The van der Waals surface area contributed by atoms with Gasteiger partial charge in [-0.3, -0.25) is 4.79 Å². The Balaban J connectivity index is 1.80. The van der Waals surface area contributed by atoms with E-state index in [9.17, 15) is 4.79 Å². The number of ether oxygens (including phenoxy) is 2. The summed E-state index contributed by atoms with van der Waals surface area (Å²) in [6.45, 7) is 7.68. The molecule has 0 saturated carbocycles. The van der Waals surface area contributed by atoms with Crippen LogP contribution in [0, 0.1) is 0 Å². The van der Waals surface area contributed by atoms with Crippen molar-refractivity contribution in [2.75, 3.05) is 6.61 Å². The van der Waals surface area contributed by atoms with Crippen molar-refractivity contribution in [3.05, 3.63) is 35.9 Å². The normalized spacial score (nSPS) is 23.4. The van der Waals surface area contributed by atoms with Crippen molar-refractivity contribution in [2.45, 2.75) is 37.9 Å². The highest BCUT2D eigenvalue weighted by molar-refractivity contribution is 6.81. The Bertz CT molecular complexity index is 411. The fourth-order valence-corrected chi connectivity index (χ4v) is 4.33. The molecule has 0 aromatic heterocycles. The maximum absolute atomic E-state index is 11.5. The first-order valence-electron chi connectivity index (χ1n) is 6.30. The number of benzene rings is 1. The Hall–Kier alpha value is -1.13. The predicted molar refractivity (Wildman–Crippen MR) is 73.1 cm³/mol. The number of rotatable bonds is 5. The largest absolute Gasteiger partial charge is 0.459 e. The average Bonchev–Trinajstić information content (AvgIpc) is 2.26. The van der Waals surface area contributed by atoms with E-state index in [1.165, 1.54) is 0 Å². The lowest BCUT2D eigenvalue weighted by atomic mass is 10.2. The van der Waals surface area contributed by atoms with Crippen LogP contribution in [0.1, 0.15) is 5.56 Å². The van der Waals surface area contributed by atoms with Gasteiger partial charge in [-0.15, -0.1) is 0 Å². The number of cyclic esters (lactones) is 1. The molecule has 1 aliphatic rings. The van der Waals surface area contributed by atoms with Crippen LogP contribution in [0.15, 0.2) is 30.3 Å². The highest BCUT2D eigenvalue weighted by Crippen LogP contribution is 2.37. The van der Waals surface area contributed by atoms with Crippen LogP contribution >= 0.6 is 0 Å². The van der Waals surface area contributed by atoms with Gasteiger partial charge in [0.2, 0.25) is 0 Å². The zero-order valence-electron chi connectivity index (χ0n) is 11.2. The van der Waals surface area contributed by atoms with Crippen LogP contribution < -0.4 is 0 Å². The van der Waals surface area contributed by atoms with Crippen molar-refractivity contribution in [1.29, 1.82) is 0 Å². The third-order valence-corrected chi connectivity index (χ3v) is 5.69. The van der Waals surface area contributed by atoms with Crippen LogP contribution in [0.4, 0.5) is 0 Å². The Labute approximate surface area is 109 Å². The van der Waals surface area contributed by atoms with Crippen LogP contribution in [-0.4, -0.2) is 26.8 Å². The molecule has 2 rings (SSSR count). The van der Waals surface area contributed by atoms with Gasteiger partial charge in [-0.25, -0.2) is 0 Å². The zero-order chi connectivity index (χ0) is 13.2. The SMILES string of the molecule is C[Si](C)(C)[C@H]1C(=O)O[C@H]1COCc1ccccc1. The van der Waals surface area contributed by atoms with Crippen molar-refractivity contribution in [1.82, 2.24) is 0 Å². The topological polar surface area (TPSA) is 35.5 Å². The van der Waals surface area contributed by atoms with Gasteiger partial charge >= 0.3 is 5.97 Å². The molecule has 18 heavy (non-hydrogen) atoms. The molecule has 1 aromatic carbocycles. The third-order valence-electron chi connectivity index (χ3n) is 3.22. The molecular formula is C14H20O3Si. The van der Waals surface area contributed by atoms with Gasteiger partial charge in [0.05, 0.1) is 26.8 Å². The lowest BCUT2D eigenvalue weighted by Crippen LogP contribution is -2.54. The van der Waals surface area contributed by atoms with E-state index in [1.54, 1.807) is 0 Å². The number of esters is 1. The summed E-state index contributed by atoms with van der Waals surface area (Å²) < 4.78 is 10.8. The molecule has 0 unspecified atom stereocenters. The predicted octanol–water partition coefficient (Wildman–Crippen LogP) is 2.84. The van der Waals surface area contributed by atoms with Crippen LogP contribution in [0.3, 0.4) is 0 Å². The van der Waals surface area contributed by atoms with Gasteiger partial charge in [0.25, 0.3) is 0 Å². The molecule has 1 saturated heterocycles. The zero-order valence-corrected chi connectivity index (χ0v) is 12.2. The third kappa shape index (κ3) is 3.00. The molecule has 0 radical (unpaired) electrons. The molecule has 3 nitrogen and oxygen atoms in total. The van der Waals surface area contributed by atoms with Gasteiger partial charge in [-0.05, 0) is 5.56 Å². The Morgan fingerprint density at radius 2 is 1.89 bits per heavy atom. The van der Waals surface area contributed by atoms with Gasteiger partial charge < -0.3 is 9.47 Å². The van der Waals surface area contributed by atoms with E-state index < -0.39 is 8.07 Å². The first-order valence-corrected chi connectivity index (χ1v) is 9.88. The molecule has 0 N–H and O–H groups in total. The minimum Gasteiger partial charge on any atom is -0.459 e.